The SMILES string of the molecule is O=c1[nH]c2ccc(S(=O)(=O)N3CCN(Cc4ccccc4F)CC3)cc2[nH]c1=O. The number of sulfonamides is 1. The van der Waals surface area contributed by atoms with Crippen LogP contribution in [0.3, 0.4) is 0 Å². The summed E-state index contributed by atoms with van der Waals surface area (Å²) in [5.41, 5.74) is -0.457. The summed E-state index contributed by atoms with van der Waals surface area (Å²) in [7, 11) is -3.76. The first-order valence-electron chi connectivity index (χ1n) is 9.07. The lowest BCUT2D eigenvalue weighted by Crippen LogP contribution is -2.48. The third-order valence-electron chi connectivity index (χ3n) is 5.01. The molecule has 0 saturated carbocycles. The quantitative estimate of drug-likeness (QED) is 0.612. The molecule has 1 saturated heterocycles. The lowest BCUT2D eigenvalue weighted by molar-refractivity contribution is 0.180. The molecule has 1 aliphatic heterocycles. The average Bonchev–Trinajstić information content (AvgIpc) is 2.70. The number of fused-ring (bicyclic) bond motifs is 1. The number of halogens is 1. The maximum atomic E-state index is 13.8. The minimum atomic E-state index is -3.76. The van der Waals surface area contributed by atoms with E-state index in [9.17, 15) is 22.4 Å². The fourth-order valence-electron chi connectivity index (χ4n) is 3.40. The van der Waals surface area contributed by atoms with Crippen molar-refractivity contribution in [2.45, 2.75) is 11.4 Å². The molecule has 29 heavy (non-hydrogen) atoms. The molecule has 0 aliphatic carbocycles. The molecule has 0 atom stereocenters. The van der Waals surface area contributed by atoms with Crippen molar-refractivity contribution in [2.75, 3.05) is 26.2 Å². The Kier molecular flexibility index (Phi) is 5.07. The van der Waals surface area contributed by atoms with Crippen LogP contribution >= 0.6 is 0 Å². The van der Waals surface area contributed by atoms with Crippen molar-refractivity contribution >= 4 is 21.1 Å². The van der Waals surface area contributed by atoms with E-state index < -0.39 is 21.1 Å². The third kappa shape index (κ3) is 3.86. The Morgan fingerprint density at radius 1 is 0.897 bits per heavy atom. The van der Waals surface area contributed by atoms with E-state index in [1.807, 2.05) is 4.90 Å². The molecule has 152 valence electrons. The molecule has 10 heteroatoms. The van der Waals surface area contributed by atoms with Gasteiger partial charge in [0.25, 0.3) is 0 Å². The Balaban J connectivity index is 1.51. The zero-order valence-electron chi connectivity index (χ0n) is 15.4. The molecular weight excluding hydrogens is 399 g/mol. The van der Waals surface area contributed by atoms with Gasteiger partial charge in [0.15, 0.2) is 0 Å². The Morgan fingerprint density at radius 3 is 2.24 bits per heavy atom. The zero-order valence-corrected chi connectivity index (χ0v) is 16.2. The number of hydrogen-bond acceptors (Lipinski definition) is 5. The second-order valence-corrected chi connectivity index (χ2v) is 8.83. The summed E-state index contributed by atoms with van der Waals surface area (Å²) < 4.78 is 41.2. The minimum absolute atomic E-state index is 0.0373. The highest BCUT2D eigenvalue weighted by Gasteiger charge is 2.29. The molecule has 2 heterocycles. The molecule has 2 aromatic carbocycles. The van der Waals surface area contributed by atoms with Gasteiger partial charge in [-0.2, -0.15) is 4.31 Å². The van der Waals surface area contributed by atoms with Gasteiger partial charge in [0.1, 0.15) is 5.82 Å². The Labute approximate surface area is 165 Å². The summed E-state index contributed by atoms with van der Waals surface area (Å²) >= 11 is 0. The molecule has 8 nitrogen and oxygen atoms in total. The molecule has 1 aliphatic rings. The summed E-state index contributed by atoms with van der Waals surface area (Å²) in [6.07, 6.45) is 0. The molecular formula is C19H19FN4O4S. The fraction of sp³-hybridized carbons (Fsp3) is 0.263. The summed E-state index contributed by atoms with van der Waals surface area (Å²) in [5, 5.41) is 0. The monoisotopic (exact) mass is 418 g/mol. The largest absolute Gasteiger partial charge is 0.316 e. The Morgan fingerprint density at radius 2 is 1.55 bits per heavy atom. The Hall–Kier alpha value is -2.82. The van der Waals surface area contributed by atoms with Crippen LogP contribution < -0.4 is 11.1 Å². The molecule has 4 rings (SSSR count). The predicted octanol–water partition coefficient (Wildman–Crippen LogP) is 0.862. The van der Waals surface area contributed by atoms with Crippen LogP contribution in [-0.4, -0.2) is 53.8 Å². The second kappa shape index (κ2) is 7.54. The van der Waals surface area contributed by atoms with Crippen LogP contribution in [0.1, 0.15) is 5.56 Å². The van der Waals surface area contributed by atoms with Gasteiger partial charge in [-0.3, -0.25) is 14.5 Å². The van der Waals surface area contributed by atoms with Gasteiger partial charge in [0, 0.05) is 38.3 Å². The molecule has 1 fully saturated rings. The van der Waals surface area contributed by atoms with E-state index in [2.05, 4.69) is 9.97 Å². The van der Waals surface area contributed by atoms with Crippen LogP contribution in [0.15, 0.2) is 56.9 Å². The van der Waals surface area contributed by atoms with Crippen LogP contribution in [0.4, 0.5) is 4.39 Å². The topological polar surface area (TPSA) is 106 Å². The van der Waals surface area contributed by atoms with E-state index in [1.165, 1.54) is 28.6 Å². The fourth-order valence-corrected chi connectivity index (χ4v) is 4.85. The van der Waals surface area contributed by atoms with Crippen LogP contribution in [0.5, 0.6) is 0 Å². The van der Waals surface area contributed by atoms with E-state index in [0.717, 1.165) is 0 Å². The van der Waals surface area contributed by atoms with Gasteiger partial charge in [-0.1, -0.05) is 18.2 Å². The van der Waals surface area contributed by atoms with Crippen molar-refractivity contribution in [1.29, 1.82) is 0 Å². The van der Waals surface area contributed by atoms with Crippen LogP contribution in [0, 0.1) is 5.82 Å². The number of rotatable bonds is 4. The number of nitrogens with zero attached hydrogens (tertiary/aromatic N) is 2. The predicted molar refractivity (Wildman–Crippen MR) is 106 cm³/mol. The van der Waals surface area contributed by atoms with E-state index >= 15 is 0 Å². The highest BCUT2D eigenvalue weighted by molar-refractivity contribution is 7.89. The summed E-state index contributed by atoms with van der Waals surface area (Å²) in [6.45, 7) is 1.93. The highest BCUT2D eigenvalue weighted by Crippen LogP contribution is 2.21. The number of aromatic amines is 2. The maximum absolute atomic E-state index is 13.8. The normalized spacial score (nSPS) is 16.3. The maximum Gasteiger partial charge on any atom is 0.314 e. The van der Waals surface area contributed by atoms with Crippen molar-refractivity contribution in [2.24, 2.45) is 0 Å². The van der Waals surface area contributed by atoms with E-state index in [4.69, 9.17) is 0 Å². The number of hydrogen-bond donors (Lipinski definition) is 2. The number of H-pyrrole nitrogens is 2. The number of nitrogens with one attached hydrogen (secondary N) is 2. The van der Waals surface area contributed by atoms with Crippen molar-refractivity contribution in [3.05, 3.63) is 74.6 Å². The van der Waals surface area contributed by atoms with E-state index in [1.54, 1.807) is 18.2 Å². The first-order valence-corrected chi connectivity index (χ1v) is 10.5. The third-order valence-corrected chi connectivity index (χ3v) is 6.91. The highest BCUT2D eigenvalue weighted by atomic mass is 32.2. The van der Waals surface area contributed by atoms with E-state index in [0.29, 0.717) is 30.7 Å². The summed E-state index contributed by atoms with van der Waals surface area (Å²) in [6, 6.07) is 10.7. The van der Waals surface area contributed by atoms with Crippen molar-refractivity contribution in [3.63, 3.8) is 0 Å². The first-order chi connectivity index (χ1) is 13.8. The number of piperazine rings is 1. The second-order valence-electron chi connectivity index (χ2n) is 6.89. The van der Waals surface area contributed by atoms with Gasteiger partial charge >= 0.3 is 11.1 Å². The smallest absolute Gasteiger partial charge is 0.314 e. The summed E-state index contributed by atoms with van der Waals surface area (Å²) in [5.74, 6) is -0.272. The van der Waals surface area contributed by atoms with Gasteiger partial charge in [-0.05, 0) is 24.3 Å². The van der Waals surface area contributed by atoms with Gasteiger partial charge in [-0.25, -0.2) is 12.8 Å². The van der Waals surface area contributed by atoms with Crippen LogP contribution in [-0.2, 0) is 16.6 Å². The van der Waals surface area contributed by atoms with Crippen molar-refractivity contribution in [1.82, 2.24) is 19.2 Å². The minimum Gasteiger partial charge on any atom is -0.316 e. The molecule has 0 amide bonds. The Bertz CT molecular complexity index is 1280. The molecule has 1 aromatic heterocycles. The zero-order chi connectivity index (χ0) is 20.6. The van der Waals surface area contributed by atoms with Crippen LogP contribution in [0.2, 0.25) is 0 Å². The van der Waals surface area contributed by atoms with Crippen molar-refractivity contribution in [3.8, 4) is 0 Å². The summed E-state index contributed by atoms with van der Waals surface area (Å²) in [4.78, 5) is 29.7. The molecule has 2 N–H and O–H groups in total. The average molecular weight is 418 g/mol. The lowest BCUT2D eigenvalue weighted by atomic mass is 10.2. The molecule has 0 radical (unpaired) electrons. The molecule has 0 unspecified atom stereocenters. The van der Waals surface area contributed by atoms with Gasteiger partial charge < -0.3 is 9.97 Å². The standard InChI is InChI=1S/C19H19FN4O4S/c20-15-4-2-1-3-13(15)12-23-7-9-24(10-8-23)29(27,28)14-5-6-16-17(11-14)22-19(26)18(25)21-16/h1-6,11H,7-10,12H2,(H,21,25)(H,22,26). The molecule has 3 aromatic rings. The van der Waals surface area contributed by atoms with Crippen LogP contribution in [0.25, 0.3) is 11.0 Å². The lowest BCUT2D eigenvalue weighted by Gasteiger charge is -2.34. The van der Waals surface area contributed by atoms with E-state index in [-0.39, 0.29) is 29.3 Å². The van der Waals surface area contributed by atoms with Gasteiger partial charge in [0.2, 0.25) is 10.0 Å². The number of benzene rings is 2. The number of aromatic nitrogens is 2. The van der Waals surface area contributed by atoms with Gasteiger partial charge in [0.05, 0.1) is 15.9 Å². The molecule has 0 bridgehead atoms. The van der Waals surface area contributed by atoms with Gasteiger partial charge in [-0.15, -0.1) is 0 Å². The molecule has 0 spiro atoms. The first kappa shape index (κ1) is 19.5. The van der Waals surface area contributed by atoms with Crippen molar-refractivity contribution < 1.29 is 12.8 Å².